The molecule has 1 aromatic rings. The van der Waals surface area contributed by atoms with Gasteiger partial charge in [-0.25, -0.2) is 0 Å². The number of aliphatic hydroxyl groups is 1. The highest BCUT2D eigenvalue weighted by atomic mass is 16.3. The molecular formula is C12H17NO2. The predicted octanol–water partition coefficient (Wildman–Crippen LogP) is 1.25. The van der Waals surface area contributed by atoms with Crippen LogP contribution in [0.1, 0.15) is 16.7 Å². The molecule has 0 saturated heterocycles. The van der Waals surface area contributed by atoms with Gasteiger partial charge in [0.05, 0.1) is 0 Å². The molecule has 0 saturated carbocycles. The van der Waals surface area contributed by atoms with Crippen molar-refractivity contribution < 1.29 is 9.90 Å². The molecule has 0 aliphatic carbocycles. The van der Waals surface area contributed by atoms with Crippen LogP contribution >= 0.6 is 0 Å². The van der Waals surface area contributed by atoms with E-state index in [0.29, 0.717) is 6.54 Å². The van der Waals surface area contributed by atoms with E-state index in [-0.39, 0.29) is 5.91 Å². The number of aryl methyl sites for hydroxylation is 2. The molecule has 0 bridgehead atoms. The Morgan fingerprint density at radius 3 is 2.53 bits per heavy atom. The summed E-state index contributed by atoms with van der Waals surface area (Å²) in [6.45, 7) is 4.22. The van der Waals surface area contributed by atoms with E-state index in [4.69, 9.17) is 5.11 Å². The van der Waals surface area contributed by atoms with Crippen LogP contribution in [0, 0.1) is 13.8 Å². The van der Waals surface area contributed by atoms with Crippen LogP contribution in [-0.4, -0.2) is 29.6 Å². The second-order valence-corrected chi connectivity index (χ2v) is 3.83. The molecule has 0 heterocycles. The van der Waals surface area contributed by atoms with Crippen LogP contribution < -0.4 is 0 Å². The largest absolute Gasteiger partial charge is 0.387 e. The monoisotopic (exact) mass is 207 g/mol. The van der Waals surface area contributed by atoms with Gasteiger partial charge < -0.3 is 10.0 Å². The molecule has 0 aromatic heterocycles. The van der Waals surface area contributed by atoms with Gasteiger partial charge in [0, 0.05) is 13.6 Å². The van der Waals surface area contributed by atoms with Crippen molar-refractivity contribution in [2.45, 2.75) is 20.4 Å². The molecule has 0 unspecified atom stereocenters. The van der Waals surface area contributed by atoms with Crippen LogP contribution in [0.5, 0.6) is 0 Å². The van der Waals surface area contributed by atoms with Crippen molar-refractivity contribution in [3.05, 3.63) is 34.9 Å². The topological polar surface area (TPSA) is 40.5 Å². The number of aliphatic hydroxyl groups excluding tert-OH is 1. The molecule has 0 aliphatic rings. The smallest absolute Gasteiger partial charge is 0.248 e. The number of carbonyl (C=O) groups is 1. The van der Waals surface area contributed by atoms with Crippen molar-refractivity contribution in [3.63, 3.8) is 0 Å². The third kappa shape index (κ3) is 3.06. The predicted molar refractivity (Wildman–Crippen MR) is 59.5 cm³/mol. The molecule has 3 heteroatoms. The standard InChI is InChI=1S/C12H17NO2/c1-9-4-5-11(6-10(9)2)7-13(3)12(15)8-14/h4-6,14H,7-8H2,1-3H3. The summed E-state index contributed by atoms with van der Waals surface area (Å²) in [5, 5.41) is 8.69. The number of hydrogen-bond donors (Lipinski definition) is 1. The molecule has 0 spiro atoms. The van der Waals surface area contributed by atoms with E-state index >= 15 is 0 Å². The number of nitrogens with zero attached hydrogens (tertiary/aromatic N) is 1. The van der Waals surface area contributed by atoms with Gasteiger partial charge in [-0.05, 0) is 30.5 Å². The summed E-state index contributed by atoms with van der Waals surface area (Å²) >= 11 is 0. The number of hydrogen-bond acceptors (Lipinski definition) is 2. The van der Waals surface area contributed by atoms with Gasteiger partial charge in [0.15, 0.2) is 0 Å². The number of carbonyl (C=O) groups excluding carboxylic acids is 1. The zero-order chi connectivity index (χ0) is 11.4. The Hall–Kier alpha value is -1.35. The summed E-state index contributed by atoms with van der Waals surface area (Å²) < 4.78 is 0. The van der Waals surface area contributed by atoms with E-state index in [1.165, 1.54) is 16.0 Å². The number of benzene rings is 1. The highest BCUT2D eigenvalue weighted by Gasteiger charge is 2.07. The fourth-order valence-corrected chi connectivity index (χ4v) is 1.38. The van der Waals surface area contributed by atoms with Crippen molar-refractivity contribution >= 4 is 5.91 Å². The number of likely N-dealkylation sites (N-methyl/N-ethyl adjacent to an activating group) is 1. The molecular weight excluding hydrogens is 190 g/mol. The lowest BCUT2D eigenvalue weighted by molar-refractivity contribution is -0.133. The van der Waals surface area contributed by atoms with Gasteiger partial charge in [-0.2, -0.15) is 0 Å². The lowest BCUT2D eigenvalue weighted by Gasteiger charge is -2.16. The Balaban J connectivity index is 2.73. The van der Waals surface area contributed by atoms with E-state index in [0.717, 1.165) is 5.56 Å². The minimum Gasteiger partial charge on any atom is -0.387 e. The fraction of sp³-hybridized carbons (Fsp3) is 0.417. The zero-order valence-electron chi connectivity index (χ0n) is 9.45. The van der Waals surface area contributed by atoms with E-state index in [1.54, 1.807) is 7.05 Å². The number of amides is 1. The average Bonchev–Trinajstić information content (AvgIpc) is 2.22. The quantitative estimate of drug-likeness (QED) is 0.810. The van der Waals surface area contributed by atoms with Gasteiger partial charge in [0.1, 0.15) is 6.61 Å². The minimum absolute atomic E-state index is 0.256. The van der Waals surface area contributed by atoms with Crippen LogP contribution in [0.4, 0.5) is 0 Å². The first-order valence-electron chi connectivity index (χ1n) is 4.95. The average molecular weight is 207 g/mol. The molecule has 0 fully saturated rings. The first-order valence-corrected chi connectivity index (χ1v) is 4.95. The summed E-state index contributed by atoms with van der Waals surface area (Å²) in [5.74, 6) is -0.256. The molecule has 0 radical (unpaired) electrons. The third-order valence-corrected chi connectivity index (χ3v) is 2.55. The summed E-state index contributed by atoms with van der Waals surface area (Å²) in [6.07, 6.45) is 0. The second kappa shape index (κ2) is 4.94. The van der Waals surface area contributed by atoms with Crippen molar-refractivity contribution in [1.82, 2.24) is 4.90 Å². The van der Waals surface area contributed by atoms with Crippen LogP contribution in [0.3, 0.4) is 0 Å². The molecule has 3 nitrogen and oxygen atoms in total. The third-order valence-electron chi connectivity index (χ3n) is 2.55. The van der Waals surface area contributed by atoms with Crippen LogP contribution in [0.25, 0.3) is 0 Å². The van der Waals surface area contributed by atoms with Gasteiger partial charge >= 0.3 is 0 Å². The molecule has 1 amide bonds. The van der Waals surface area contributed by atoms with Crippen LogP contribution in [0.15, 0.2) is 18.2 Å². The summed E-state index contributed by atoms with van der Waals surface area (Å²) in [7, 11) is 1.69. The molecule has 0 aliphatic heterocycles. The Morgan fingerprint density at radius 2 is 2.00 bits per heavy atom. The Bertz CT molecular complexity index is 361. The summed E-state index contributed by atoms with van der Waals surface area (Å²) in [6, 6.07) is 6.11. The summed E-state index contributed by atoms with van der Waals surface area (Å²) in [4.78, 5) is 12.7. The zero-order valence-corrected chi connectivity index (χ0v) is 9.45. The molecule has 82 valence electrons. The SMILES string of the molecule is Cc1ccc(CN(C)C(=O)CO)cc1C. The maximum atomic E-state index is 11.1. The van der Waals surface area contributed by atoms with E-state index < -0.39 is 6.61 Å². The Kier molecular flexibility index (Phi) is 3.86. The first kappa shape index (κ1) is 11.7. The fourth-order valence-electron chi connectivity index (χ4n) is 1.38. The van der Waals surface area contributed by atoms with Gasteiger partial charge in [-0.15, -0.1) is 0 Å². The van der Waals surface area contributed by atoms with E-state index in [1.807, 2.05) is 19.1 Å². The normalized spacial score (nSPS) is 10.1. The van der Waals surface area contributed by atoms with Crippen molar-refractivity contribution in [2.75, 3.05) is 13.7 Å². The van der Waals surface area contributed by atoms with Crippen molar-refractivity contribution in [1.29, 1.82) is 0 Å². The lowest BCUT2D eigenvalue weighted by atomic mass is 10.1. The second-order valence-electron chi connectivity index (χ2n) is 3.83. The number of rotatable bonds is 3. The van der Waals surface area contributed by atoms with Gasteiger partial charge in [0.25, 0.3) is 0 Å². The highest BCUT2D eigenvalue weighted by Crippen LogP contribution is 2.11. The molecule has 1 rings (SSSR count). The van der Waals surface area contributed by atoms with Crippen molar-refractivity contribution in [3.8, 4) is 0 Å². The van der Waals surface area contributed by atoms with E-state index in [9.17, 15) is 4.79 Å². The van der Waals surface area contributed by atoms with Gasteiger partial charge in [-0.1, -0.05) is 18.2 Å². The highest BCUT2D eigenvalue weighted by molar-refractivity contribution is 5.76. The Labute approximate surface area is 90.3 Å². The molecule has 1 N–H and O–H groups in total. The lowest BCUT2D eigenvalue weighted by Crippen LogP contribution is -2.28. The van der Waals surface area contributed by atoms with Gasteiger partial charge in [0.2, 0.25) is 5.91 Å². The molecule has 0 atom stereocenters. The summed E-state index contributed by atoms with van der Waals surface area (Å²) in [5.41, 5.74) is 3.55. The maximum Gasteiger partial charge on any atom is 0.248 e. The minimum atomic E-state index is -0.429. The Morgan fingerprint density at radius 1 is 1.33 bits per heavy atom. The van der Waals surface area contributed by atoms with Crippen LogP contribution in [0.2, 0.25) is 0 Å². The first-order chi connectivity index (χ1) is 7.04. The van der Waals surface area contributed by atoms with E-state index in [2.05, 4.69) is 13.0 Å². The molecule has 15 heavy (non-hydrogen) atoms. The van der Waals surface area contributed by atoms with Gasteiger partial charge in [-0.3, -0.25) is 4.79 Å². The van der Waals surface area contributed by atoms with Crippen molar-refractivity contribution in [2.24, 2.45) is 0 Å². The maximum absolute atomic E-state index is 11.1. The van der Waals surface area contributed by atoms with Crippen LogP contribution in [-0.2, 0) is 11.3 Å². The molecule has 1 aromatic carbocycles.